The molecule has 0 spiro atoms. The number of nitrogens with zero attached hydrogens (tertiary/aromatic N) is 3. The monoisotopic (exact) mass is 631 g/mol. The number of carbonyl (C=O) groups is 1. The van der Waals surface area contributed by atoms with Crippen molar-refractivity contribution in [2.24, 2.45) is 11.7 Å². The molecule has 1 aliphatic carbocycles. The topological polar surface area (TPSA) is 104 Å². The third-order valence-corrected chi connectivity index (χ3v) is 8.31. The molecule has 1 saturated carbocycles. The number of likely N-dealkylation sites (tertiary alicyclic amines) is 1. The predicted octanol–water partition coefficient (Wildman–Crippen LogP) is 6.69. The van der Waals surface area contributed by atoms with Crippen LogP contribution in [0.2, 0.25) is 0 Å². The summed E-state index contributed by atoms with van der Waals surface area (Å²) in [6.45, 7) is 6.71. The fourth-order valence-corrected chi connectivity index (χ4v) is 5.89. The summed E-state index contributed by atoms with van der Waals surface area (Å²) in [6, 6.07) is 7.84. The lowest BCUT2D eigenvalue weighted by Gasteiger charge is -2.31. The Labute approximate surface area is 243 Å². The van der Waals surface area contributed by atoms with Gasteiger partial charge in [0.1, 0.15) is 5.69 Å². The molecule has 2 fully saturated rings. The summed E-state index contributed by atoms with van der Waals surface area (Å²) in [5.74, 6) is 0.516. The number of halogens is 3. The highest BCUT2D eigenvalue weighted by Crippen LogP contribution is 2.37. The second-order valence-electron chi connectivity index (χ2n) is 9.31. The van der Waals surface area contributed by atoms with E-state index in [1.54, 1.807) is 18.3 Å². The number of fused-ring (bicyclic) bond motifs is 1. The van der Waals surface area contributed by atoms with Crippen molar-refractivity contribution in [1.82, 2.24) is 14.9 Å². The first-order valence-electron chi connectivity index (χ1n) is 12.4. The first kappa shape index (κ1) is 31.7. The zero-order valence-electron chi connectivity index (χ0n) is 21.0. The molecule has 0 atom stereocenters. The van der Waals surface area contributed by atoms with E-state index in [0.29, 0.717) is 17.6 Å². The fourth-order valence-electron chi connectivity index (χ4n) is 4.27. The molecule has 2 aromatic heterocycles. The maximum absolute atomic E-state index is 11.5. The van der Waals surface area contributed by atoms with Crippen molar-refractivity contribution in [2.45, 2.75) is 51.5 Å². The number of rotatable bonds is 8. The van der Waals surface area contributed by atoms with Crippen molar-refractivity contribution in [2.75, 3.05) is 31.5 Å². The highest BCUT2D eigenvalue weighted by atomic mass is 79.9. The average molecular weight is 633 g/mol. The van der Waals surface area contributed by atoms with Gasteiger partial charge in [0.15, 0.2) is 0 Å². The van der Waals surface area contributed by atoms with Gasteiger partial charge in [-0.25, -0.2) is 14.8 Å². The molecule has 37 heavy (non-hydrogen) atoms. The molecule has 1 aliphatic heterocycles. The zero-order chi connectivity index (χ0) is 24.8. The Hall–Kier alpha value is -1.49. The standard InChI is InChI=1S/C23H27BrN4O2S.C3H7N.2ClH/c1-2-28-11-8-15(9-12-28)5-4-10-25-23-26-14-18(24)21(27-23)20-13-17-16(22(29)30)6-3-7-19(17)31-20;4-3-1-2-3;;/h3,6-7,13-15H,2,4-5,8-12H2,1H3,(H,29,30)(H,25,26,27);3H,1-2,4H2;2*1H. The number of hydrogen-bond donors (Lipinski definition) is 3. The Morgan fingerprint density at radius 3 is 2.57 bits per heavy atom. The minimum absolute atomic E-state index is 0. The normalized spacial score (nSPS) is 15.8. The van der Waals surface area contributed by atoms with Gasteiger partial charge in [-0.05, 0) is 98.2 Å². The van der Waals surface area contributed by atoms with Gasteiger partial charge in [-0.1, -0.05) is 13.0 Å². The molecule has 7 nitrogen and oxygen atoms in total. The molecule has 3 aromatic rings. The number of benzene rings is 1. The van der Waals surface area contributed by atoms with Crippen LogP contribution in [-0.4, -0.2) is 58.2 Å². The summed E-state index contributed by atoms with van der Waals surface area (Å²) >= 11 is 5.09. The van der Waals surface area contributed by atoms with Crippen molar-refractivity contribution in [3.05, 3.63) is 40.5 Å². The highest BCUT2D eigenvalue weighted by molar-refractivity contribution is 9.10. The van der Waals surface area contributed by atoms with Gasteiger partial charge in [0, 0.05) is 28.9 Å². The van der Waals surface area contributed by atoms with Gasteiger partial charge < -0.3 is 21.1 Å². The Morgan fingerprint density at radius 1 is 1.24 bits per heavy atom. The fraction of sp³-hybridized carbons (Fsp3) is 0.500. The number of nitrogens with two attached hydrogens (primary N) is 1. The molecular formula is C26H36BrCl2N5O2S. The van der Waals surface area contributed by atoms with Crippen molar-refractivity contribution in [3.63, 3.8) is 0 Å². The number of aromatic nitrogens is 2. The molecule has 1 aromatic carbocycles. The summed E-state index contributed by atoms with van der Waals surface area (Å²) in [5, 5.41) is 13.6. The quantitative estimate of drug-likeness (QED) is 0.238. The third kappa shape index (κ3) is 9.04. The van der Waals surface area contributed by atoms with Crippen LogP contribution in [0.4, 0.5) is 5.95 Å². The van der Waals surface area contributed by atoms with Crippen LogP contribution < -0.4 is 11.1 Å². The van der Waals surface area contributed by atoms with Gasteiger partial charge in [-0.15, -0.1) is 36.2 Å². The number of hydrogen-bond acceptors (Lipinski definition) is 7. The van der Waals surface area contributed by atoms with Crippen molar-refractivity contribution in [3.8, 4) is 10.6 Å². The molecule has 11 heteroatoms. The largest absolute Gasteiger partial charge is 0.478 e. The number of thiophene rings is 1. The van der Waals surface area contributed by atoms with E-state index in [1.165, 1.54) is 56.5 Å². The van der Waals surface area contributed by atoms with Crippen LogP contribution in [0.25, 0.3) is 20.7 Å². The van der Waals surface area contributed by atoms with E-state index < -0.39 is 5.97 Å². The van der Waals surface area contributed by atoms with Crippen LogP contribution in [0.5, 0.6) is 0 Å². The van der Waals surface area contributed by atoms with Crippen LogP contribution in [-0.2, 0) is 0 Å². The van der Waals surface area contributed by atoms with Gasteiger partial charge in [0.2, 0.25) is 5.95 Å². The lowest BCUT2D eigenvalue weighted by atomic mass is 9.92. The van der Waals surface area contributed by atoms with Crippen molar-refractivity contribution in [1.29, 1.82) is 0 Å². The van der Waals surface area contributed by atoms with Gasteiger partial charge in [-0.2, -0.15) is 0 Å². The Morgan fingerprint density at radius 2 is 1.95 bits per heavy atom. The Kier molecular flexibility index (Phi) is 13.0. The average Bonchev–Trinajstić information content (AvgIpc) is 3.52. The molecule has 0 amide bonds. The number of anilines is 1. The summed E-state index contributed by atoms with van der Waals surface area (Å²) in [5.41, 5.74) is 6.32. The maximum Gasteiger partial charge on any atom is 0.336 e. The molecule has 3 heterocycles. The van der Waals surface area contributed by atoms with Gasteiger partial charge >= 0.3 is 5.97 Å². The van der Waals surface area contributed by atoms with Crippen LogP contribution >= 0.6 is 52.1 Å². The van der Waals surface area contributed by atoms with Crippen LogP contribution in [0.3, 0.4) is 0 Å². The lowest BCUT2D eigenvalue weighted by molar-refractivity contribution is 0.0699. The third-order valence-electron chi connectivity index (χ3n) is 6.62. The Bertz CT molecular complexity index is 1150. The zero-order valence-corrected chi connectivity index (χ0v) is 25.0. The van der Waals surface area contributed by atoms with E-state index in [-0.39, 0.29) is 24.8 Å². The molecule has 0 radical (unpaired) electrons. The molecule has 5 rings (SSSR count). The van der Waals surface area contributed by atoms with Gasteiger partial charge in [-0.3, -0.25) is 0 Å². The van der Waals surface area contributed by atoms with Crippen LogP contribution in [0.15, 0.2) is 34.9 Å². The molecule has 4 N–H and O–H groups in total. The molecule has 1 saturated heterocycles. The number of carboxylic acid groups (broad SMARTS) is 1. The first-order chi connectivity index (χ1) is 16.9. The number of carboxylic acids is 1. The second kappa shape index (κ2) is 15.2. The smallest absolute Gasteiger partial charge is 0.336 e. The van der Waals surface area contributed by atoms with E-state index in [0.717, 1.165) is 50.6 Å². The van der Waals surface area contributed by atoms with Crippen LogP contribution in [0.1, 0.15) is 55.8 Å². The Balaban J connectivity index is 0.000000733. The van der Waals surface area contributed by atoms with Crippen molar-refractivity contribution >= 4 is 74.1 Å². The minimum Gasteiger partial charge on any atom is -0.478 e. The van der Waals surface area contributed by atoms with E-state index in [9.17, 15) is 9.90 Å². The molecule has 204 valence electrons. The summed E-state index contributed by atoms with van der Waals surface area (Å²) < 4.78 is 1.73. The predicted molar refractivity (Wildman–Crippen MR) is 162 cm³/mol. The van der Waals surface area contributed by atoms with E-state index in [2.05, 4.69) is 38.1 Å². The SMILES string of the molecule is CCN1CCC(CCCNc2ncc(Br)c(-c3cc4c(C(=O)O)cccc4s3)n2)CC1.Cl.Cl.NC1CC1. The number of aromatic carboxylic acids is 1. The second-order valence-corrected chi connectivity index (χ2v) is 11.2. The van der Waals surface area contributed by atoms with Crippen molar-refractivity contribution < 1.29 is 9.90 Å². The van der Waals surface area contributed by atoms with E-state index >= 15 is 0 Å². The molecular weight excluding hydrogens is 597 g/mol. The minimum atomic E-state index is -0.917. The summed E-state index contributed by atoms with van der Waals surface area (Å²) in [4.78, 5) is 24.1. The highest BCUT2D eigenvalue weighted by Gasteiger charge is 2.18. The number of nitrogens with one attached hydrogen (secondary N) is 1. The van der Waals surface area contributed by atoms with E-state index in [1.807, 2.05) is 12.1 Å². The van der Waals surface area contributed by atoms with Gasteiger partial charge in [0.05, 0.1) is 14.9 Å². The molecule has 2 aliphatic rings. The molecule has 0 unspecified atom stereocenters. The van der Waals surface area contributed by atoms with Crippen LogP contribution in [0, 0.1) is 5.92 Å². The maximum atomic E-state index is 11.5. The summed E-state index contributed by atoms with van der Waals surface area (Å²) in [7, 11) is 0. The van der Waals surface area contributed by atoms with Gasteiger partial charge in [0.25, 0.3) is 0 Å². The lowest BCUT2D eigenvalue weighted by Crippen LogP contribution is -2.33. The summed E-state index contributed by atoms with van der Waals surface area (Å²) in [6.07, 6.45) is 9.24. The van der Waals surface area contributed by atoms with E-state index in [4.69, 9.17) is 10.7 Å². The molecule has 0 bridgehead atoms. The first-order valence-corrected chi connectivity index (χ1v) is 14.1. The number of piperidine rings is 1.